The van der Waals surface area contributed by atoms with Crippen molar-refractivity contribution in [2.75, 3.05) is 13.6 Å². The molecule has 1 aromatic rings. The quantitative estimate of drug-likeness (QED) is 0.849. The van der Waals surface area contributed by atoms with E-state index >= 15 is 0 Å². The smallest absolute Gasteiger partial charge is 0.0847 e. The van der Waals surface area contributed by atoms with Gasteiger partial charge in [0, 0.05) is 13.6 Å². The molecule has 0 saturated carbocycles. The maximum Gasteiger partial charge on any atom is 0.0847 e. The van der Waals surface area contributed by atoms with E-state index in [0.29, 0.717) is 0 Å². The molecule has 1 unspecified atom stereocenters. The fraction of sp³-hybridized carbons (Fsp3) is 0.769. The van der Waals surface area contributed by atoms with E-state index in [9.17, 15) is 0 Å². The molecule has 0 amide bonds. The normalized spacial score (nSPS) is 14.9. The van der Waals surface area contributed by atoms with Gasteiger partial charge >= 0.3 is 0 Å². The van der Waals surface area contributed by atoms with E-state index in [1.165, 1.54) is 12.8 Å². The number of aromatic nitrogens is 2. The van der Waals surface area contributed by atoms with Gasteiger partial charge in [0.15, 0.2) is 0 Å². The summed E-state index contributed by atoms with van der Waals surface area (Å²) in [7, 11) is 3.98. The van der Waals surface area contributed by atoms with Crippen molar-refractivity contribution in [3.8, 4) is 0 Å². The minimum absolute atomic E-state index is 0.243. The molecule has 1 aromatic heterocycles. The molecule has 0 spiro atoms. The van der Waals surface area contributed by atoms with Gasteiger partial charge in [-0.1, -0.05) is 31.9 Å². The molecule has 98 valence electrons. The summed E-state index contributed by atoms with van der Waals surface area (Å²) in [5, 5.41) is 8.49. The second-order valence-corrected chi connectivity index (χ2v) is 5.62. The second-order valence-electron chi connectivity index (χ2n) is 5.24. The molecule has 0 fully saturated rings. The fourth-order valence-electron chi connectivity index (χ4n) is 2.55. The van der Waals surface area contributed by atoms with E-state index in [0.717, 1.165) is 29.4 Å². The van der Waals surface area contributed by atoms with Gasteiger partial charge in [0.25, 0.3) is 0 Å². The Hall–Kier alpha value is -0.540. The number of aryl methyl sites for hydroxylation is 2. The monoisotopic (exact) mass is 257 g/mol. The lowest BCUT2D eigenvalue weighted by Gasteiger charge is -2.29. The standard InChI is InChI=1S/C13H24ClN3/c1-6-7-13(3,9-15-4)8-11-12(14)10(2)16-17(11)5/h15H,6-9H2,1-5H3. The first-order valence-corrected chi connectivity index (χ1v) is 6.64. The van der Waals surface area contributed by atoms with Crippen LogP contribution in [0.1, 0.15) is 38.1 Å². The van der Waals surface area contributed by atoms with Gasteiger partial charge in [-0.15, -0.1) is 0 Å². The van der Waals surface area contributed by atoms with E-state index in [2.05, 4.69) is 24.3 Å². The van der Waals surface area contributed by atoms with Crippen LogP contribution in [-0.2, 0) is 13.5 Å². The van der Waals surface area contributed by atoms with Crippen molar-refractivity contribution < 1.29 is 0 Å². The van der Waals surface area contributed by atoms with Crippen LogP contribution in [-0.4, -0.2) is 23.4 Å². The Morgan fingerprint density at radius 1 is 1.47 bits per heavy atom. The number of halogens is 1. The van der Waals surface area contributed by atoms with Crippen LogP contribution in [0.15, 0.2) is 0 Å². The maximum absolute atomic E-state index is 6.32. The van der Waals surface area contributed by atoms with Crippen molar-refractivity contribution in [3.63, 3.8) is 0 Å². The third-order valence-electron chi connectivity index (χ3n) is 3.31. The predicted molar refractivity (Wildman–Crippen MR) is 73.6 cm³/mol. The molecule has 4 heteroatoms. The maximum atomic E-state index is 6.32. The highest BCUT2D eigenvalue weighted by molar-refractivity contribution is 6.31. The van der Waals surface area contributed by atoms with Crippen molar-refractivity contribution in [2.45, 2.75) is 40.0 Å². The van der Waals surface area contributed by atoms with Gasteiger partial charge < -0.3 is 5.32 Å². The molecule has 0 aliphatic rings. The molecule has 0 aliphatic heterocycles. The molecular weight excluding hydrogens is 234 g/mol. The number of hydrogen-bond donors (Lipinski definition) is 1. The zero-order valence-electron chi connectivity index (χ0n) is 11.6. The molecule has 1 heterocycles. The van der Waals surface area contributed by atoms with Crippen LogP contribution in [0.25, 0.3) is 0 Å². The lowest BCUT2D eigenvalue weighted by atomic mass is 9.81. The summed E-state index contributed by atoms with van der Waals surface area (Å²) in [5.41, 5.74) is 2.32. The van der Waals surface area contributed by atoms with Crippen LogP contribution in [0.5, 0.6) is 0 Å². The van der Waals surface area contributed by atoms with Crippen LogP contribution in [0.4, 0.5) is 0 Å². The van der Waals surface area contributed by atoms with Gasteiger partial charge in [-0.25, -0.2) is 0 Å². The summed E-state index contributed by atoms with van der Waals surface area (Å²) in [6.45, 7) is 7.50. The summed E-state index contributed by atoms with van der Waals surface area (Å²) >= 11 is 6.32. The van der Waals surface area contributed by atoms with E-state index in [1.807, 2.05) is 25.7 Å². The van der Waals surface area contributed by atoms with Crippen molar-refractivity contribution in [2.24, 2.45) is 12.5 Å². The zero-order valence-corrected chi connectivity index (χ0v) is 12.4. The fourth-order valence-corrected chi connectivity index (χ4v) is 2.77. The van der Waals surface area contributed by atoms with Gasteiger partial charge in [0.05, 0.1) is 16.4 Å². The van der Waals surface area contributed by atoms with Crippen LogP contribution in [0.3, 0.4) is 0 Å². The van der Waals surface area contributed by atoms with Crippen molar-refractivity contribution >= 4 is 11.6 Å². The lowest BCUT2D eigenvalue weighted by molar-refractivity contribution is 0.277. The molecule has 3 nitrogen and oxygen atoms in total. The van der Waals surface area contributed by atoms with Gasteiger partial charge in [-0.2, -0.15) is 5.10 Å². The first-order valence-electron chi connectivity index (χ1n) is 6.26. The van der Waals surface area contributed by atoms with E-state index in [4.69, 9.17) is 11.6 Å². The molecule has 1 N–H and O–H groups in total. The predicted octanol–water partition coefficient (Wildman–Crippen LogP) is 2.95. The number of nitrogens with zero attached hydrogens (tertiary/aromatic N) is 2. The van der Waals surface area contributed by atoms with Gasteiger partial charge in [-0.05, 0) is 32.2 Å². The molecule has 17 heavy (non-hydrogen) atoms. The highest BCUT2D eigenvalue weighted by Crippen LogP contribution is 2.31. The number of nitrogens with one attached hydrogen (secondary N) is 1. The highest BCUT2D eigenvalue weighted by atomic mass is 35.5. The van der Waals surface area contributed by atoms with Crippen molar-refractivity contribution in [1.29, 1.82) is 0 Å². The molecule has 1 atom stereocenters. The molecule has 1 rings (SSSR count). The molecular formula is C13H24ClN3. The summed E-state index contributed by atoms with van der Waals surface area (Å²) < 4.78 is 1.92. The topological polar surface area (TPSA) is 29.9 Å². The third-order valence-corrected chi connectivity index (χ3v) is 3.80. The Labute approximate surface area is 110 Å². The zero-order chi connectivity index (χ0) is 13.1. The average molecular weight is 258 g/mol. The Morgan fingerprint density at radius 2 is 2.12 bits per heavy atom. The average Bonchev–Trinajstić information content (AvgIpc) is 2.46. The van der Waals surface area contributed by atoms with Gasteiger partial charge in [0.2, 0.25) is 0 Å². The van der Waals surface area contributed by atoms with Crippen LogP contribution in [0, 0.1) is 12.3 Å². The number of rotatable bonds is 6. The summed E-state index contributed by atoms with van der Waals surface area (Å²) in [6, 6.07) is 0. The minimum Gasteiger partial charge on any atom is -0.319 e. The third kappa shape index (κ3) is 3.46. The number of hydrogen-bond acceptors (Lipinski definition) is 2. The van der Waals surface area contributed by atoms with E-state index in [-0.39, 0.29) is 5.41 Å². The van der Waals surface area contributed by atoms with Gasteiger partial charge in [-0.3, -0.25) is 4.68 Å². The SMILES string of the molecule is CCCC(C)(CNC)Cc1c(Cl)c(C)nn1C. The Balaban J connectivity index is 2.93. The Morgan fingerprint density at radius 3 is 2.53 bits per heavy atom. The Bertz CT molecular complexity index is 365. The van der Waals surface area contributed by atoms with Crippen molar-refractivity contribution in [1.82, 2.24) is 15.1 Å². The molecule has 0 aromatic carbocycles. The molecule has 0 radical (unpaired) electrons. The van der Waals surface area contributed by atoms with Crippen LogP contribution >= 0.6 is 11.6 Å². The largest absolute Gasteiger partial charge is 0.319 e. The molecule has 0 aliphatic carbocycles. The van der Waals surface area contributed by atoms with Crippen molar-refractivity contribution in [3.05, 3.63) is 16.4 Å². The lowest BCUT2D eigenvalue weighted by Crippen LogP contribution is -2.32. The van der Waals surface area contributed by atoms with Gasteiger partial charge in [0.1, 0.15) is 0 Å². The van der Waals surface area contributed by atoms with E-state index < -0.39 is 0 Å². The van der Waals surface area contributed by atoms with Crippen LogP contribution in [0.2, 0.25) is 5.02 Å². The summed E-state index contributed by atoms with van der Waals surface area (Å²) in [6.07, 6.45) is 3.35. The summed E-state index contributed by atoms with van der Waals surface area (Å²) in [4.78, 5) is 0. The highest BCUT2D eigenvalue weighted by Gasteiger charge is 2.26. The molecule has 0 saturated heterocycles. The first-order chi connectivity index (χ1) is 7.93. The molecule has 0 bridgehead atoms. The first kappa shape index (κ1) is 14.5. The van der Waals surface area contributed by atoms with E-state index in [1.54, 1.807) is 0 Å². The van der Waals surface area contributed by atoms with Crippen LogP contribution < -0.4 is 5.32 Å². The Kier molecular flexibility index (Phi) is 5.02. The summed E-state index contributed by atoms with van der Waals surface area (Å²) in [5.74, 6) is 0. The second kappa shape index (κ2) is 5.87. The minimum atomic E-state index is 0.243.